The van der Waals surface area contributed by atoms with Crippen molar-refractivity contribution in [2.24, 2.45) is 5.10 Å². The molecule has 0 fully saturated rings. The van der Waals surface area contributed by atoms with Gasteiger partial charge < -0.3 is 14.6 Å². The van der Waals surface area contributed by atoms with Crippen LogP contribution >= 0.6 is 0 Å². The van der Waals surface area contributed by atoms with Crippen LogP contribution in [-0.2, 0) is 6.61 Å². The Hall–Kier alpha value is -3.94. The number of aryl methyl sites for hydroxylation is 2. The highest BCUT2D eigenvalue weighted by Crippen LogP contribution is 2.31. The molecule has 8 nitrogen and oxygen atoms in total. The molecule has 0 aliphatic rings. The molecule has 0 bridgehead atoms. The van der Waals surface area contributed by atoms with Gasteiger partial charge in [0.1, 0.15) is 6.61 Å². The van der Waals surface area contributed by atoms with Gasteiger partial charge >= 0.3 is 5.97 Å². The minimum Gasteiger partial charge on any atom is -0.493 e. The first-order valence-electron chi connectivity index (χ1n) is 9.19. The van der Waals surface area contributed by atoms with Gasteiger partial charge in [0, 0.05) is 17.0 Å². The molecule has 0 saturated heterocycles. The Labute approximate surface area is 174 Å². The van der Waals surface area contributed by atoms with Crippen molar-refractivity contribution in [2.45, 2.75) is 20.5 Å². The van der Waals surface area contributed by atoms with Gasteiger partial charge in [0.15, 0.2) is 11.5 Å². The minimum atomic E-state index is -0.967. The number of nitrogens with zero attached hydrogens (tertiary/aromatic N) is 3. The summed E-state index contributed by atoms with van der Waals surface area (Å²) >= 11 is 0. The van der Waals surface area contributed by atoms with Crippen LogP contribution in [-0.4, -0.2) is 34.4 Å². The number of ether oxygens (including phenoxy) is 2. The summed E-state index contributed by atoms with van der Waals surface area (Å²) in [5, 5.41) is 13.2. The number of aromatic carboxylic acids is 1. The molecule has 2 aromatic carbocycles. The number of para-hydroxylation sites is 1. The van der Waals surface area contributed by atoms with Gasteiger partial charge in [-0.15, -0.1) is 0 Å². The molecular formula is C22H22N4O4. The Morgan fingerprint density at radius 3 is 2.47 bits per heavy atom. The predicted molar refractivity (Wildman–Crippen MR) is 113 cm³/mol. The van der Waals surface area contributed by atoms with Crippen molar-refractivity contribution in [3.8, 4) is 11.5 Å². The van der Waals surface area contributed by atoms with Crippen LogP contribution in [0, 0.1) is 13.8 Å². The maximum absolute atomic E-state index is 11.0. The lowest BCUT2D eigenvalue weighted by Gasteiger charge is -2.13. The number of carbonyl (C=O) groups is 1. The number of hydrogen-bond donors (Lipinski definition) is 2. The van der Waals surface area contributed by atoms with Crippen molar-refractivity contribution in [1.29, 1.82) is 0 Å². The molecule has 0 radical (unpaired) electrons. The Morgan fingerprint density at radius 2 is 1.83 bits per heavy atom. The lowest BCUT2D eigenvalue weighted by atomic mass is 10.1. The number of benzene rings is 2. The third-order valence-corrected chi connectivity index (χ3v) is 4.16. The van der Waals surface area contributed by atoms with Crippen molar-refractivity contribution >= 4 is 18.1 Å². The first kappa shape index (κ1) is 20.8. The molecule has 0 spiro atoms. The Balaban J connectivity index is 1.76. The number of anilines is 1. The van der Waals surface area contributed by atoms with E-state index in [2.05, 4.69) is 20.5 Å². The highest BCUT2D eigenvalue weighted by Gasteiger charge is 2.10. The fourth-order valence-electron chi connectivity index (χ4n) is 2.78. The molecule has 30 heavy (non-hydrogen) atoms. The molecule has 0 aliphatic carbocycles. The normalized spacial score (nSPS) is 10.8. The number of carboxylic acids is 1. The monoisotopic (exact) mass is 406 g/mol. The van der Waals surface area contributed by atoms with Crippen LogP contribution in [0.5, 0.6) is 11.5 Å². The average molecular weight is 406 g/mol. The number of aromatic nitrogens is 2. The summed E-state index contributed by atoms with van der Waals surface area (Å²) in [5.41, 5.74) is 6.28. The summed E-state index contributed by atoms with van der Waals surface area (Å²) in [6, 6.07) is 13.9. The van der Waals surface area contributed by atoms with E-state index in [9.17, 15) is 4.79 Å². The Kier molecular flexibility index (Phi) is 6.59. The number of rotatable bonds is 8. The number of hydrogen-bond acceptors (Lipinski definition) is 7. The second-order valence-corrected chi connectivity index (χ2v) is 6.51. The topological polar surface area (TPSA) is 106 Å². The maximum Gasteiger partial charge on any atom is 0.335 e. The SMILES string of the molecule is COc1cccc(C=NNc2nc(C)cc(C)n2)c1OCc1ccc(C(=O)O)cc1. The van der Waals surface area contributed by atoms with Crippen LogP contribution in [0.3, 0.4) is 0 Å². The van der Waals surface area contributed by atoms with E-state index in [-0.39, 0.29) is 12.2 Å². The van der Waals surface area contributed by atoms with E-state index in [0.29, 0.717) is 23.0 Å². The molecule has 2 N–H and O–H groups in total. The first-order valence-corrected chi connectivity index (χ1v) is 9.19. The van der Waals surface area contributed by atoms with E-state index in [4.69, 9.17) is 14.6 Å². The van der Waals surface area contributed by atoms with E-state index >= 15 is 0 Å². The zero-order valence-electron chi connectivity index (χ0n) is 16.9. The van der Waals surface area contributed by atoms with E-state index in [1.165, 1.54) is 0 Å². The second-order valence-electron chi connectivity index (χ2n) is 6.51. The molecule has 0 aliphatic heterocycles. The smallest absolute Gasteiger partial charge is 0.335 e. The van der Waals surface area contributed by atoms with Crippen LogP contribution in [0.25, 0.3) is 0 Å². The lowest BCUT2D eigenvalue weighted by Crippen LogP contribution is -2.03. The van der Waals surface area contributed by atoms with Crippen LogP contribution in [0.4, 0.5) is 5.95 Å². The van der Waals surface area contributed by atoms with Gasteiger partial charge in [0.2, 0.25) is 5.95 Å². The highest BCUT2D eigenvalue weighted by atomic mass is 16.5. The molecule has 8 heteroatoms. The summed E-state index contributed by atoms with van der Waals surface area (Å²) in [6.45, 7) is 4.02. The van der Waals surface area contributed by atoms with Gasteiger partial charge in [-0.3, -0.25) is 0 Å². The molecule has 1 heterocycles. The van der Waals surface area contributed by atoms with E-state index in [1.807, 2.05) is 32.0 Å². The Bertz CT molecular complexity index is 1040. The number of carboxylic acid groups (broad SMARTS) is 1. The summed E-state index contributed by atoms with van der Waals surface area (Å²) in [4.78, 5) is 19.5. The predicted octanol–water partition coefficient (Wildman–Crippen LogP) is 3.83. The van der Waals surface area contributed by atoms with Crippen LogP contribution in [0.15, 0.2) is 53.6 Å². The maximum atomic E-state index is 11.0. The van der Waals surface area contributed by atoms with Crippen molar-refractivity contribution in [3.05, 3.63) is 76.6 Å². The highest BCUT2D eigenvalue weighted by molar-refractivity contribution is 5.87. The lowest BCUT2D eigenvalue weighted by molar-refractivity contribution is 0.0697. The van der Waals surface area contributed by atoms with E-state index in [1.54, 1.807) is 43.7 Å². The summed E-state index contributed by atoms with van der Waals surface area (Å²) in [7, 11) is 1.56. The van der Waals surface area contributed by atoms with E-state index < -0.39 is 5.97 Å². The quantitative estimate of drug-likeness (QED) is 0.433. The van der Waals surface area contributed by atoms with E-state index in [0.717, 1.165) is 17.0 Å². The molecule has 0 atom stereocenters. The first-order chi connectivity index (χ1) is 14.5. The van der Waals surface area contributed by atoms with Gasteiger partial charge in [-0.1, -0.05) is 18.2 Å². The third kappa shape index (κ3) is 5.32. The van der Waals surface area contributed by atoms with Gasteiger partial charge in [0.25, 0.3) is 0 Å². The molecule has 3 rings (SSSR count). The fourth-order valence-corrected chi connectivity index (χ4v) is 2.78. The van der Waals surface area contributed by atoms with Crippen molar-refractivity contribution in [3.63, 3.8) is 0 Å². The molecule has 0 saturated carbocycles. The number of hydrazone groups is 1. The standard InChI is InChI=1S/C22H22N4O4/c1-14-11-15(2)25-22(24-14)26-23-12-18-5-4-6-19(29-3)20(18)30-13-16-7-9-17(10-8-16)21(27)28/h4-12H,13H2,1-3H3,(H,27,28)(H,24,25,26). The molecular weight excluding hydrogens is 384 g/mol. The Morgan fingerprint density at radius 1 is 1.13 bits per heavy atom. The summed E-state index contributed by atoms with van der Waals surface area (Å²) in [5.74, 6) is 0.525. The molecule has 154 valence electrons. The van der Waals surface area contributed by atoms with Gasteiger partial charge in [0.05, 0.1) is 18.9 Å². The summed E-state index contributed by atoms with van der Waals surface area (Å²) in [6.07, 6.45) is 1.60. The van der Waals surface area contributed by atoms with Gasteiger partial charge in [-0.2, -0.15) is 5.10 Å². The van der Waals surface area contributed by atoms with Crippen molar-refractivity contribution in [2.75, 3.05) is 12.5 Å². The van der Waals surface area contributed by atoms with Gasteiger partial charge in [-0.25, -0.2) is 20.2 Å². The van der Waals surface area contributed by atoms with Crippen LogP contribution in [0.1, 0.15) is 32.9 Å². The summed E-state index contributed by atoms with van der Waals surface area (Å²) < 4.78 is 11.4. The fraction of sp³-hybridized carbons (Fsp3) is 0.182. The van der Waals surface area contributed by atoms with Gasteiger partial charge in [-0.05, 0) is 49.7 Å². The number of nitrogens with one attached hydrogen (secondary N) is 1. The van der Waals surface area contributed by atoms with Crippen LogP contribution < -0.4 is 14.9 Å². The van der Waals surface area contributed by atoms with Crippen LogP contribution in [0.2, 0.25) is 0 Å². The van der Waals surface area contributed by atoms with Crippen molar-refractivity contribution < 1.29 is 19.4 Å². The minimum absolute atomic E-state index is 0.226. The molecule has 1 aromatic heterocycles. The zero-order chi connectivity index (χ0) is 21.5. The third-order valence-electron chi connectivity index (χ3n) is 4.16. The second kappa shape index (κ2) is 9.51. The number of methoxy groups -OCH3 is 1. The zero-order valence-corrected chi connectivity index (χ0v) is 16.9. The largest absolute Gasteiger partial charge is 0.493 e. The molecule has 3 aromatic rings. The average Bonchev–Trinajstić information content (AvgIpc) is 2.72. The molecule has 0 amide bonds. The van der Waals surface area contributed by atoms with Crippen molar-refractivity contribution in [1.82, 2.24) is 9.97 Å². The molecule has 0 unspecified atom stereocenters.